The average Bonchev–Trinajstić information content (AvgIpc) is 2.82. The molecule has 1 fully saturated rings. The van der Waals surface area contributed by atoms with Crippen LogP contribution in [-0.2, 0) is 22.5 Å². The van der Waals surface area contributed by atoms with E-state index >= 15 is 0 Å². The van der Waals surface area contributed by atoms with Gasteiger partial charge in [0.05, 0.1) is 6.61 Å². The van der Waals surface area contributed by atoms with Crippen LogP contribution in [-0.4, -0.2) is 24.1 Å². The molecule has 0 atom stereocenters. The molecule has 1 aliphatic carbocycles. The van der Waals surface area contributed by atoms with Crippen molar-refractivity contribution in [2.45, 2.75) is 25.7 Å². The maximum absolute atomic E-state index is 12.3. The third-order valence-electron chi connectivity index (χ3n) is 3.65. The summed E-state index contributed by atoms with van der Waals surface area (Å²) in [7, 11) is 0. The third-order valence-corrected chi connectivity index (χ3v) is 3.65. The van der Waals surface area contributed by atoms with Gasteiger partial charge in [0.1, 0.15) is 0 Å². The molecule has 1 aromatic carbocycles. The SMILES string of the molecule is O=C(C1Cc2ccccc2C1)N1CCCCO1. The zero-order valence-electron chi connectivity index (χ0n) is 9.89. The molecule has 0 aromatic heterocycles. The number of nitrogens with zero attached hydrogens (tertiary/aromatic N) is 1. The van der Waals surface area contributed by atoms with Crippen LogP contribution in [0.3, 0.4) is 0 Å². The Bertz CT molecular complexity index is 399. The summed E-state index contributed by atoms with van der Waals surface area (Å²) in [6, 6.07) is 8.34. The van der Waals surface area contributed by atoms with Crippen LogP contribution in [0, 0.1) is 5.92 Å². The summed E-state index contributed by atoms with van der Waals surface area (Å²) in [6.07, 6.45) is 3.86. The monoisotopic (exact) mass is 231 g/mol. The molecule has 17 heavy (non-hydrogen) atoms. The number of carbonyl (C=O) groups excluding carboxylic acids is 1. The summed E-state index contributed by atoms with van der Waals surface area (Å²) in [6.45, 7) is 1.44. The second kappa shape index (κ2) is 4.49. The number of carbonyl (C=O) groups is 1. The summed E-state index contributed by atoms with van der Waals surface area (Å²) < 4.78 is 0. The quantitative estimate of drug-likeness (QED) is 0.739. The molecule has 0 saturated carbocycles. The lowest BCUT2D eigenvalue weighted by Gasteiger charge is -2.28. The molecule has 0 spiro atoms. The predicted octanol–water partition coefficient (Wildman–Crippen LogP) is 1.96. The Balaban J connectivity index is 1.69. The minimum absolute atomic E-state index is 0.0884. The van der Waals surface area contributed by atoms with E-state index in [4.69, 9.17) is 4.84 Å². The minimum atomic E-state index is 0.0884. The normalized spacial score (nSPS) is 20.4. The predicted molar refractivity (Wildman–Crippen MR) is 64.2 cm³/mol. The number of hydrogen-bond acceptors (Lipinski definition) is 2. The van der Waals surface area contributed by atoms with Gasteiger partial charge in [-0.05, 0) is 36.8 Å². The van der Waals surface area contributed by atoms with E-state index in [9.17, 15) is 4.79 Å². The van der Waals surface area contributed by atoms with Gasteiger partial charge < -0.3 is 0 Å². The Morgan fingerprint density at radius 2 is 1.88 bits per heavy atom. The zero-order valence-corrected chi connectivity index (χ0v) is 9.89. The van der Waals surface area contributed by atoms with Crippen molar-refractivity contribution >= 4 is 5.91 Å². The summed E-state index contributed by atoms with van der Waals surface area (Å²) in [4.78, 5) is 17.7. The molecule has 3 heteroatoms. The fraction of sp³-hybridized carbons (Fsp3) is 0.500. The maximum Gasteiger partial charge on any atom is 0.249 e. The van der Waals surface area contributed by atoms with E-state index in [0.29, 0.717) is 6.61 Å². The van der Waals surface area contributed by atoms with Crippen molar-refractivity contribution < 1.29 is 9.63 Å². The number of hydrogen-bond donors (Lipinski definition) is 0. The van der Waals surface area contributed by atoms with E-state index in [0.717, 1.165) is 32.2 Å². The highest BCUT2D eigenvalue weighted by atomic mass is 16.7. The molecule has 3 rings (SSSR count). The summed E-state index contributed by atoms with van der Waals surface area (Å²) in [5, 5.41) is 1.58. The Labute approximate surface area is 101 Å². The van der Waals surface area contributed by atoms with Crippen LogP contribution >= 0.6 is 0 Å². The van der Waals surface area contributed by atoms with Gasteiger partial charge in [-0.15, -0.1) is 0 Å². The number of hydroxylamine groups is 2. The van der Waals surface area contributed by atoms with Crippen molar-refractivity contribution in [1.82, 2.24) is 5.06 Å². The molecule has 2 aliphatic rings. The molecule has 1 saturated heterocycles. The molecule has 0 radical (unpaired) electrons. The van der Waals surface area contributed by atoms with E-state index in [1.807, 2.05) is 12.1 Å². The van der Waals surface area contributed by atoms with E-state index in [1.165, 1.54) is 11.1 Å². The van der Waals surface area contributed by atoms with E-state index in [1.54, 1.807) is 5.06 Å². The first-order valence-corrected chi connectivity index (χ1v) is 6.35. The molecule has 90 valence electrons. The smallest absolute Gasteiger partial charge is 0.249 e. The molecule has 1 heterocycles. The average molecular weight is 231 g/mol. The third kappa shape index (κ3) is 2.07. The Kier molecular flexibility index (Phi) is 2.85. The van der Waals surface area contributed by atoms with Crippen molar-refractivity contribution in [2.75, 3.05) is 13.2 Å². The van der Waals surface area contributed by atoms with Crippen molar-refractivity contribution in [3.8, 4) is 0 Å². The molecule has 1 amide bonds. The Morgan fingerprint density at radius 1 is 1.18 bits per heavy atom. The van der Waals surface area contributed by atoms with Gasteiger partial charge in [0.15, 0.2) is 0 Å². The topological polar surface area (TPSA) is 29.5 Å². The first-order chi connectivity index (χ1) is 8.34. The Hall–Kier alpha value is -1.35. The van der Waals surface area contributed by atoms with Crippen molar-refractivity contribution in [2.24, 2.45) is 5.92 Å². The standard InChI is InChI=1S/C14H17NO2/c16-14(15-7-3-4-8-17-15)13-9-11-5-1-2-6-12(11)10-13/h1-2,5-6,13H,3-4,7-10H2. The van der Waals surface area contributed by atoms with E-state index in [2.05, 4.69) is 12.1 Å². The second-order valence-corrected chi connectivity index (χ2v) is 4.85. The van der Waals surface area contributed by atoms with Crippen LogP contribution < -0.4 is 0 Å². The maximum atomic E-state index is 12.3. The van der Waals surface area contributed by atoms with Crippen LogP contribution in [0.25, 0.3) is 0 Å². The fourth-order valence-corrected chi connectivity index (χ4v) is 2.71. The van der Waals surface area contributed by atoms with Crippen molar-refractivity contribution in [3.05, 3.63) is 35.4 Å². The molecule has 0 N–H and O–H groups in total. The van der Waals surface area contributed by atoms with E-state index < -0.39 is 0 Å². The zero-order chi connectivity index (χ0) is 11.7. The lowest BCUT2D eigenvalue weighted by molar-refractivity contribution is -0.201. The molecule has 3 nitrogen and oxygen atoms in total. The number of benzene rings is 1. The largest absolute Gasteiger partial charge is 0.272 e. The highest BCUT2D eigenvalue weighted by molar-refractivity contribution is 5.79. The van der Waals surface area contributed by atoms with Crippen LogP contribution in [0.4, 0.5) is 0 Å². The van der Waals surface area contributed by atoms with Crippen LogP contribution in [0.2, 0.25) is 0 Å². The lowest BCUT2D eigenvalue weighted by atomic mass is 10.1. The van der Waals surface area contributed by atoms with Crippen LogP contribution in [0.15, 0.2) is 24.3 Å². The Morgan fingerprint density at radius 3 is 2.47 bits per heavy atom. The molecular weight excluding hydrogens is 214 g/mol. The molecular formula is C14H17NO2. The van der Waals surface area contributed by atoms with Crippen LogP contribution in [0.1, 0.15) is 24.0 Å². The van der Waals surface area contributed by atoms with Crippen molar-refractivity contribution in [3.63, 3.8) is 0 Å². The number of rotatable bonds is 1. The summed E-state index contributed by atoms with van der Waals surface area (Å²) in [5.74, 6) is 0.256. The fourth-order valence-electron chi connectivity index (χ4n) is 2.71. The van der Waals surface area contributed by atoms with Gasteiger partial charge in [0.25, 0.3) is 0 Å². The molecule has 0 bridgehead atoms. The van der Waals surface area contributed by atoms with Gasteiger partial charge in [0, 0.05) is 12.5 Å². The van der Waals surface area contributed by atoms with E-state index in [-0.39, 0.29) is 11.8 Å². The highest BCUT2D eigenvalue weighted by Gasteiger charge is 2.31. The van der Waals surface area contributed by atoms with Gasteiger partial charge >= 0.3 is 0 Å². The first-order valence-electron chi connectivity index (χ1n) is 6.35. The molecule has 0 unspecified atom stereocenters. The van der Waals surface area contributed by atoms with Gasteiger partial charge in [-0.3, -0.25) is 9.63 Å². The highest BCUT2D eigenvalue weighted by Crippen LogP contribution is 2.28. The van der Waals surface area contributed by atoms with Gasteiger partial charge in [-0.25, -0.2) is 5.06 Å². The van der Waals surface area contributed by atoms with Crippen LogP contribution in [0.5, 0.6) is 0 Å². The summed E-state index contributed by atoms with van der Waals surface area (Å²) in [5.41, 5.74) is 2.64. The van der Waals surface area contributed by atoms with Gasteiger partial charge in [-0.1, -0.05) is 24.3 Å². The number of amides is 1. The number of fused-ring (bicyclic) bond motifs is 1. The molecule has 1 aromatic rings. The first kappa shape index (κ1) is 10.8. The second-order valence-electron chi connectivity index (χ2n) is 4.85. The molecule has 1 aliphatic heterocycles. The lowest BCUT2D eigenvalue weighted by Crippen LogP contribution is -2.40. The van der Waals surface area contributed by atoms with Gasteiger partial charge in [0.2, 0.25) is 5.91 Å². The van der Waals surface area contributed by atoms with Gasteiger partial charge in [-0.2, -0.15) is 0 Å². The minimum Gasteiger partial charge on any atom is -0.272 e. The van der Waals surface area contributed by atoms with Crippen molar-refractivity contribution in [1.29, 1.82) is 0 Å². The summed E-state index contributed by atoms with van der Waals surface area (Å²) >= 11 is 0.